The van der Waals surface area contributed by atoms with Gasteiger partial charge in [-0.2, -0.15) is 4.98 Å². The summed E-state index contributed by atoms with van der Waals surface area (Å²) in [5.41, 5.74) is 1.38. The molecule has 2 amide bonds. The summed E-state index contributed by atoms with van der Waals surface area (Å²) in [6, 6.07) is 3.55. The van der Waals surface area contributed by atoms with E-state index in [0.717, 1.165) is 12.1 Å². The lowest BCUT2D eigenvalue weighted by Gasteiger charge is -2.23. The van der Waals surface area contributed by atoms with E-state index in [1.165, 1.54) is 38.5 Å². The average molecular weight is 355 g/mol. The Morgan fingerprint density at radius 1 is 1.31 bits per heavy atom. The first-order valence-corrected chi connectivity index (χ1v) is 9.38. The number of nitrogens with one attached hydrogen (secondary N) is 1. The Morgan fingerprint density at radius 3 is 2.85 bits per heavy atom. The molecule has 2 heterocycles. The first kappa shape index (κ1) is 17.0. The van der Waals surface area contributed by atoms with Crippen LogP contribution in [0.2, 0.25) is 0 Å². The molecule has 2 aliphatic rings. The maximum absolute atomic E-state index is 12.3. The molecule has 1 atom stereocenters. The SMILES string of the molecule is CN(Cc1nc(-c2ccncc2)no1)C(=O)NC[C@H]1CC12CCCCC2. The Kier molecular flexibility index (Phi) is 4.61. The minimum atomic E-state index is -0.0912. The topological polar surface area (TPSA) is 84.2 Å². The minimum Gasteiger partial charge on any atom is -0.338 e. The van der Waals surface area contributed by atoms with Crippen molar-refractivity contribution in [2.75, 3.05) is 13.6 Å². The van der Waals surface area contributed by atoms with Gasteiger partial charge in [-0.15, -0.1) is 0 Å². The van der Waals surface area contributed by atoms with Crippen LogP contribution in [-0.2, 0) is 6.54 Å². The van der Waals surface area contributed by atoms with Gasteiger partial charge in [0.2, 0.25) is 11.7 Å². The first-order chi connectivity index (χ1) is 12.7. The van der Waals surface area contributed by atoms with E-state index in [0.29, 0.717) is 29.6 Å². The average Bonchev–Trinajstić information content (AvgIpc) is 3.11. The number of nitrogens with zero attached hydrogens (tertiary/aromatic N) is 4. The zero-order valence-electron chi connectivity index (χ0n) is 15.1. The number of urea groups is 1. The molecular formula is C19H25N5O2. The van der Waals surface area contributed by atoms with Crippen molar-refractivity contribution in [1.82, 2.24) is 25.3 Å². The van der Waals surface area contributed by atoms with Crippen molar-refractivity contribution in [3.05, 3.63) is 30.4 Å². The van der Waals surface area contributed by atoms with Gasteiger partial charge in [0.15, 0.2) is 0 Å². The quantitative estimate of drug-likeness (QED) is 0.890. The molecule has 138 valence electrons. The molecule has 1 N–H and O–H groups in total. The van der Waals surface area contributed by atoms with Crippen LogP contribution in [0.1, 0.15) is 44.4 Å². The third kappa shape index (κ3) is 3.57. The van der Waals surface area contributed by atoms with E-state index < -0.39 is 0 Å². The molecule has 0 saturated heterocycles. The van der Waals surface area contributed by atoms with Crippen molar-refractivity contribution < 1.29 is 9.32 Å². The van der Waals surface area contributed by atoms with Crippen LogP contribution in [0.3, 0.4) is 0 Å². The number of pyridine rings is 1. The number of hydrogen-bond acceptors (Lipinski definition) is 5. The van der Waals surface area contributed by atoms with Crippen molar-refractivity contribution in [2.45, 2.75) is 45.1 Å². The molecule has 26 heavy (non-hydrogen) atoms. The zero-order valence-corrected chi connectivity index (χ0v) is 15.1. The van der Waals surface area contributed by atoms with Gasteiger partial charge in [-0.25, -0.2) is 4.79 Å². The number of carbonyl (C=O) groups is 1. The Bertz CT molecular complexity index is 754. The fourth-order valence-corrected chi connectivity index (χ4v) is 4.15. The highest BCUT2D eigenvalue weighted by atomic mass is 16.5. The summed E-state index contributed by atoms with van der Waals surface area (Å²) in [7, 11) is 1.74. The maximum atomic E-state index is 12.3. The molecule has 7 nitrogen and oxygen atoms in total. The summed E-state index contributed by atoms with van der Waals surface area (Å²) in [5, 5.41) is 7.03. The van der Waals surface area contributed by atoms with E-state index in [2.05, 4.69) is 20.4 Å². The van der Waals surface area contributed by atoms with Gasteiger partial charge in [-0.05, 0) is 42.7 Å². The first-order valence-electron chi connectivity index (χ1n) is 9.38. The Hall–Kier alpha value is -2.44. The van der Waals surface area contributed by atoms with Gasteiger partial charge in [-0.3, -0.25) is 4.98 Å². The number of aromatic nitrogens is 3. The molecule has 2 aliphatic carbocycles. The molecule has 1 spiro atoms. The summed E-state index contributed by atoms with van der Waals surface area (Å²) >= 11 is 0. The smallest absolute Gasteiger partial charge is 0.317 e. The fraction of sp³-hybridized carbons (Fsp3) is 0.579. The molecule has 2 aromatic heterocycles. The molecule has 2 fully saturated rings. The van der Waals surface area contributed by atoms with E-state index in [1.54, 1.807) is 24.3 Å². The monoisotopic (exact) mass is 355 g/mol. The molecular weight excluding hydrogens is 330 g/mol. The summed E-state index contributed by atoms with van der Waals surface area (Å²) in [6.07, 6.45) is 11.4. The normalized spacial score (nSPS) is 20.7. The standard InChI is InChI=1S/C19H25N5O2/c1-24(13-16-22-17(23-26-16)14-5-9-20-10-6-14)18(25)21-12-15-11-19(15)7-3-2-4-8-19/h5-6,9-10,15H,2-4,7-8,11-13H2,1H3,(H,21,25)/t15-/m1/s1. The van der Waals surface area contributed by atoms with Crippen molar-refractivity contribution in [3.63, 3.8) is 0 Å². The van der Waals surface area contributed by atoms with Crippen LogP contribution in [0.25, 0.3) is 11.4 Å². The van der Waals surface area contributed by atoms with Crippen molar-refractivity contribution >= 4 is 6.03 Å². The summed E-state index contributed by atoms with van der Waals surface area (Å²) in [4.78, 5) is 22.3. The van der Waals surface area contributed by atoms with Crippen LogP contribution >= 0.6 is 0 Å². The number of carbonyl (C=O) groups excluding carboxylic acids is 1. The van der Waals surface area contributed by atoms with Crippen LogP contribution < -0.4 is 5.32 Å². The maximum Gasteiger partial charge on any atom is 0.317 e. The summed E-state index contributed by atoms with van der Waals surface area (Å²) in [5.74, 6) is 1.58. The number of amides is 2. The predicted octanol–water partition coefficient (Wildman–Crippen LogP) is 3.24. The molecule has 7 heteroatoms. The second kappa shape index (κ2) is 7.05. The molecule has 4 rings (SSSR count). The molecule has 0 aliphatic heterocycles. The van der Waals surface area contributed by atoms with Crippen molar-refractivity contribution in [3.8, 4) is 11.4 Å². The Labute approximate surface area is 153 Å². The van der Waals surface area contributed by atoms with Crippen molar-refractivity contribution in [1.29, 1.82) is 0 Å². The van der Waals surface area contributed by atoms with E-state index >= 15 is 0 Å². The van der Waals surface area contributed by atoms with Gasteiger partial charge in [0.05, 0.1) is 0 Å². The second-order valence-corrected chi connectivity index (χ2v) is 7.61. The van der Waals surface area contributed by atoms with Crippen molar-refractivity contribution in [2.24, 2.45) is 11.3 Å². The molecule has 0 aromatic carbocycles. The fourth-order valence-electron chi connectivity index (χ4n) is 4.15. The summed E-state index contributed by atoms with van der Waals surface area (Å²) in [6.45, 7) is 1.06. The Balaban J connectivity index is 1.26. The third-order valence-electron chi connectivity index (χ3n) is 5.83. The van der Waals surface area contributed by atoms with Crippen LogP contribution in [0, 0.1) is 11.3 Å². The van der Waals surface area contributed by atoms with E-state index in [9.17, 15) is 4.79 Å². The number of rotatable bonds is 5. The van der Waals surface area contributed by atoms with Gasteiger partial charge >= 0.3 is 6.03 Å². The van der Waals surface area contributed by atoms with Gasteiger partial charge in [0, 0.05) is 31.5 Å². The molecule has 0 bridgehead atoms. The molecule has 2 saturated carbocycles. The van der Waals surface area contributed by atoms with E-state index in [-0.39, 0.29) is 6.03 Å². The molecule has 2 aromatic rings. The highest BCUT2D eigenvalue weighted by molar-refractivity contribution is 5.73. The van der Waals surface area contributed by atoms with Crippen LogP contribution in [-0.4, -0.2) is 39.6 Å². The van der Waals surface area contributed by atoms with Crippen LogP contribution in [0.5, 0.6) is 0 Å². The second-order valence-electron chi connectivity index (χ2n) is 7.61. The molecule has 0 unspecified atom stereocenters. The van der Waals surface area contributed by atoms with Gasteiger partial charge in [0.1, 0.15) is 6.54 Å². The third-order valence-corrected chi connectivity index (χ3v) is 5.83. The van der Waals surface area contributed by atoms with E-state index in [1.807, 2.05) is 12.1 Å². The highest BCUT2D eigenvalue weighted by Gasteiger charge is 2.53. The van der Waals surface area contributed by atoms with E-state index in [4.69, 9.17) is 4.52 Å². The summed E-state index contributed by atoms with van der Waals surface area (Å²) < 4.78 is 5.26. The van der Waals surface area contributed by atoms with Crippen LogP contribution in [0.4, 0.5) is 4.79 Å². The molecule has 0 radical (unpaired) electrons. The highest BCUT2D eigenvalue weighted by Crippen LogP contribution is 2.60. The largest absolute Gasteiger partial charge is 0.338 e. The lowest BCUT2D eigenvalue weighted by atomic mass is 9.84. The lowest BCUT2D eigenvalue weighted by Crippen LogP contribution is -2.38. The van der Waals surface area contributed by atoms with Gasteiger partial charge in [-0.1, -0.05) is 24.4 Å². The predicted molar refractivity (Wildman–Crippen MR) is 96.0 cm³/mol. The Morgan fingerprint density at radius 2 is 2.08 bits per heavy atom. The van der Waals surface area contributed by atoms with Gasteiger partial charge in [0.25, 0.3) is 0 Å². The van der Waals surface area contributed by atoms with Gasteiger partial charge < -0.3 is 14.7 Å². The number of hydrogen-bond donors (Lipinski definition) is 1. The zero-order chi connectivity index (χ0) is 18.0. The van der Waals surface area contributed by atoms with Crippen LogP contribution in [0.15, 0.2) is 29.0 Å². The lowest BCUT2D eigenvalue weighted by molar-refractivity contribution is 0.198. The minimum absolute atomic E-state index is 0.0912.